The number of halogens is 1. The highest BCUT2D eigenvalue weighted by Gasteiger charge is 2.22. The Labute approximate surface area is 101 Å². The topological polar surface area (TPSA) is 35.8 Å². The summed E-state index contributed by atoms with van der Waals surface area (Å²) < 4.78 is 13.4. The van der Waals surface area contributed by atoms with Gasteiger partial charge >= 0.3 is 0 Å². The first-order valence-electron chi connectivity index (χ1n) is 6.17. The van der Waals surface area contributed by atoms with E-state index in [-0.39, 0.29) is 5.56 Å². The maximum atomic E-state index is 13.4. The van der Waals surface area contributed by atoms with Crippen molar-refractivity contribution in [2.45, 2.75) is 38.6 Å². The molecule has 0 aliphatic heterocycles. The number of rotatable bonds is 3. The van der Waals surface area contributed by atoms with Crippen molar-refractivity contribution >= 4 is 5.69 Å². The maximum absolute atomic E-state index is 13.4. The normalized spacial score (nSPS) is 17.7. The number of anilines is 1. The van der Waals surface area contributed by atoms with Crippen molar-refractivity contribution in [3.8, 4) is 6.07 Å². The summed E-state index contributed by atoms with van der Waals surface area (Å²) in [6.45, 7) is 2.11. The molecule has 0 aromatic heterocycles. The summed E-state index contributed by atoms with van der Waals surface area (Å²) in [6, 6.07) is 6.95. The summed E-state index contributed by atoms with van der Waals surface area (Å²) in [5.41, 5.74) is 0.740. The lowest BCUT2D eigenvalue weighted by molar-refractivity contribution is 0.482. The van der Waals surface area contributed by atoms with E-state index in [9.17, 15) is 4.39 Å². The van der Waals surface area contributed by atoms with Crippen LogP contribution in [0.15, 0.2) is 18.2 Å². The van der Waals surface area contributed by atoms with Crippen LogP contribution in [0.5, 0.6) is 0 Å². The van der Waals surface area contributed by atoms with Crippen molar-refractivity contribution in [3.05, 3.63) is 29.6 Å². The molecule has 0 saturated heterocycles. The largest absolute Gasteiger partial charge is 0.381 e. The highest BCUT2D eigenvalue weighted by molar-refractivity contribution is 5.58. The molecular formula is C14H17FN2. The summed E-state index contributed by atoms with van der Waals surface area (Å²) in [4.78, 5) is 0. The van der Waals surface area contributed by atoms with Crippen LogP contribution in [-0.2, 0) is 0 Å². The van der Waals surface area contributed by atoms with E-state index in [0.29, 0.717) is 17.6 Å². The molecule has 1 N–H and O–H groups in total. The minimum absolute atomic E-state index is 0.123. The van der Waals surface area contributed by atoms with Gasteiger partial charge in [-0.15, -0.1) is 0 Å². The van der Waals surface area contributed by atoms with Gasteiger partial charge in [-0.05, 0) is 37.8 Å². The number of benzene rings is 1. The highest BCUT2D eigenvalue weighted by atomic mass is 19.1. The average molecular weight is 232 g/mol. The van der Waals surface area contributed by atoms with Crippen molar-refractivity contribution < 1.29 is 4.39 Å². The maximum Gasteiger partial charge on any atom is 0.143 e. The first-order chi connectivity index (χ1) is 8.22. The molecule has 1 atom stereocenters. The smallest absolute Gasteiger partial charge is 0.143 e. The van der Waals surface area contributed by atoms with Crippen LogP contribution >= 0.6 is 0 Å². The van der Waals surface area contributed by atoms with Gasteiger partial charge in [-0.3, -0.25) is 0 Å². The van der Waals surface area contributed by atoms with Crippen LogP contribution in [0.1, 0.15) is 38.2 Å². The molecule has 1 saturated carbocycles. The van der Waals surface area contributed by atoms with Crippen molar-refractivity contribution in [2.24, 2.45) is 5.92 Å². The lowest BCUT2D eigenvalue weighted by atomic mass is 9.99. The van der Waals surface area contributed by atoms with Gasteiger partial charge in [0.2, 0.25) is 0 Å². The molecular weight excluding hydrogens is 215 g/mol. The first-order valence-corrected chi connectivity index (χ1v) is 6.17. The first kappa shape index (κ1) is 11.9. The van der Waals surface area contributed by atoms with E-state index in [1.165, 1.54) is 31.7 Å². The van der Waals surface area contributed by atoms with Crippen molar-refractivity contribution in [3.63, 3.8) is 0 Å². The number of nitrogens with one attached hydrogen (secondary N) is 1. The average Bonchev–Trinajstić information content (AvgIpc) is 2.82. The fourth-order valence-electron chi connectivity index (χ4n) is 2.58. The van der Waals surface area contributed by atoms with Gasteiger partial charge < -0.3 is 5.32 Å². The zero-order valence-corrected chi connectivity index (χ0v) is 10.0. The second-order valence-corrected chi connectivity index (χ2v) is 4.75. The van der Waals surface area contributed by atoms with Gasteiger partial charge in [0.05, 0.1) is 5.69 Å². The molecule has 1 unspecified atom stereocenters. The van der Waals surface area contributed by atoms with Crippen molar-refractivity contribution in [1.82, 2.24) is 0 Å². The number of hydrogen-bond donors (Lipinski definition) is 1. The number of nitriles is 1. The summed E-state index contributed by atoms with van der Waals surface area (Å²) in [5, 5.41) is 12.2. The quantitative estimate of drug-likeness (QED) is 0.862. The molecule has 1 aliphatic rings. The van der Waals surface area contributed by atoms with Gasteiger partial charge in [-0.2, -0.15) is 5.26 Å². The Balaban J connectivity index is 2.13. The van der Waals surface area contributed by atoms with Gasteiger partial charge in [0.1, 0.15) is 17.4 Å². The van der Waals surface area contributed by atoms with Gasteiger partial charge in [0, 0.05) is 6.04 Å². The Morgan fingerprint density at radius 2 is 2.12 bits per heavy atom. The Morgan fingerprint density at radius 1 is 1.41 bits per heavy atom. The van der Waals surface area contributed by atoms with E-state index in [1.54, 1.807) is 12.1 Å². The summed E-state index contributed by atoms with van der Waals surface area (Å²) in [7, 11) is 0. The van der Waals surface area contributed by atoms with E-state index in [4.69, 9.17) is 5.26 Å². The van der Waals surface area contributed by atoms with E-state index < -0.39 is 5.82 Å². The van der Waals surface area contributed by atoms with Crippen LogP contribution in [0, 0.1) is 23.1 Å². The second kappa shape index (κ2) is 5.18. The zero-order chi connectivity index (χ0) is 12.3. The number of hydrogen-bond acceptors (Lipinski definition) is 2. The molecule has 90 valence electrons. The standard InChI is InChI=1S/C14H17FN2/c1-10(11-5-2-3-6-11)17-14-8-4-7-13(15)12(14)9-16/h4,7-8,10-11,17H,2-3,5-6H2,1H3. The zero-order valence-electron chi connectivity index (χ0n) is 10.0. The lowest BCUT2D eigenvalue weighted by Crippen LogP contribution is -2.24. The van der Waals surface area contributed by atoms with Crippen LogP contribution in [0.25, 0.3) is 0 Å². The predicted octanol–water partition coefficient (Wildman–Crippen LogP) is 3.69. The third kappa shape index (κ3) is 2.58. The molecule has 3 heteroatoms. The van der Waals surface area contributed by atoms with Gasteiger partial charge in [0.15, 0.2) is 0 Å². The molecule has 1 aromatic rings. The van der Waals surface area contributed by atoms with E-state index in [2.05, 4.69) is 12.2 Å². The number of nitrogens with zero attached hydrogens (tertiary/aromatic N) is 1. The van der Waals surface area contributed by atoms with Crippen LogP contribution in [0.3, 0.4) is 0 Å². The molecule has 0 heterocycles. The van der Waals surface area contributed by atoms with Crippen LogP contribution < -0.4 is 5.32 Å². The van der Waals surface area contributed by atoms with E-state index in [1.807, 2.05) is 6.07 Å². The van der Waals surface area contributed by atoms with Crippen molar-refractivity contribution in [2.75, 3.05) is 5.32 Å². The highest BCUT2D eigenvalue weighted by Crippen LogP contribution is 2.30. The Kier molecular flexibility index (Phi) is 3.63. The molecule has 17 heavy (non-hydrogen) atoms. The fraction of sp³-hybridized carbons (Fsp3) is 0.500. The summed E-state index contributed by atoms with van der Waals surface area (Å²) in [6.07, 6.45) is 5.02. The Bertz CT molecular complexity index is 430. The molecule has 0 radical (unpaired) electrons. The third-order valence-corrected chi connectivity index (χ3v) is 3.62. The summed E-state index contributed by atoms with van der Waals surface area (Å²) in [5.74, 6) is 0.195. The molecule has 0 spiro atoms. The predicted molar refractivity (Wildman–Crippen MR) is 66.2 cm³/mol. The Hall–Kier alpha value is -1.56. The molecule has 1 aromatic carbocycles. The Morgan fingerprint density at radius 3 is 2.76 bits per heavy atom. The molecule has 1 fully saturated rings. The molecule has 2 nitrogen and oxygen atoms in total. The minimum Gasteiger partial charge on any atom is -0.381 e. The van der Waals surface area contributed by atoms with Gasteiger partial charge in [-0.1, -0.05) is 18.9 Å². The van der Waals surface area contributed by atoms with Crippen LogP contribution in [-0.4, -0.2) is 6.04 Å². The SMILES string of the molecule is CC(Nc1cccc(F)c1C#N)C1CCCC1. The molecule has 1 aliphatic carbocycles. The molecule has 0 bridgehead atoms. The van der Waals surface area contributed by atoms with Gasteiger partial charge in [-0.25, -0.2) is 4.39 Å². The fourth-order valence-corrected chi connectivity index (χ4v) is 2.58. The summed E-state index contributed by atoms with van der Waals surface area (Å²) >= 11 is 0. The van der Waals surface area contributed by atoms with Crippen LogP contribution in [0.2, 0.25) is 0 Å². The third-order valence-electron chi connectivity index (χ3n) is 3.62. The molecule has 2 rings (SSSR count). The minimum atomic E-state index is -0.448. The lowest BCUT2D eigenvalue weighted by Gasteiger charge is -2.22. The second-order valence-electron chi connectivity index (χ2n) is 4.75. The van der Waals surface area contributed by atoms with Crippen LogP contribution in [0.4, 0.5) is 10.1 Å². The van der Waals surface area contributed by atoms with Gasteiger partial charge in [0.25, 0.3) is 0 Å². The monoisotopic (exact) mass is 232 g/mol. The van der Waals surface area contributed by atoms with E-state index in [0.717, 1.165) is 0 Å². The molecule has 0 amide bonds. The van der Waals surface area contributed by atoms with E-state index >= 15 is 0 Å². The van der Waals surface area contributed by atoms with Crippen molar-refractivity contribution in [1.29, 1.82) is 5.26 Å².